The summed E-state index contributed by atoms with van der Waals surface area (Å²) >= 11 is 0. The normalized spacial score (nSPS) is 13.1. The Balaban J connectivity index is 2.56. The van der Waals surface area contributed by atoms with E-state index in [0.717, 1.165) is 6.42 Å². The number of rotatable bonds is 7. The molecule has 2 atom stereocenters. The lowest BCUT2D eigenvalue weighted by Gasteiger charge is -2.15. The lowest BCUT2D eigenvalue weighted by atomic mass is 10.2. The lowest BCUT2D eigenvalue weighted by Crippen LogP contribution is -2.37. The number of urea groups is 1. The van der Waals surface area contributed by atoms with Gasteiger partial charge in [0.2, 0.25) is 0 Å². The fraction of sp³-hybridized carbons (Fsp3) is 0.467. The number of hydrogen-bond acceptors (Lipinski definition) is 3. The summed E-state index contributed by atoms with van der Waals surface area (Å²) < 4.78 is 5.67. The molecule has 2 unspecified atom stereocenters. The number of amides is 2. The van der Waals surface area contributed by atoms with Gasteiger partial charge in [-0.25, -0.2) is 4.79 Å². The Morgan fingerprint density at radius 2 is 2.05 bits per heavy atom. The minimum absolute atomic E-state index is 0.102. The average Bonchev–Trinajstić information content (AvgIpc) is 2.37. The van der Waals surface area contributed by atoms with Crippen LogP contribution in [0.3, 0.4) is 0 Å². The van der Waals surface area contributed by atoms with Crippen LogP contribution in [0.2, 0.25) is 0 Å². The summed E-state index contributed by atoms with van der Waals surface area (Å²) in [6.07, 6.45) is 0.875. The van der Waals surface area contributed by atoms with Crippen LogP contribution < -0.4 is 15.4 Å². The van der Waals surface area contributed by atoms with Crippen LogP contribution in [-0.2, 0) is 4.79 Å². The molecule has 1 aromatic carbocycles. The van der Waals surface area contributed by atoms with Gasteiger partial charge in [0.05, 0.1) is 12.5 Å². The van der Waals surface area contributed by atoms with Crippen molar-refractivity contribution in [3.63, 3.8) is 0 Å². The van der Waals surface area contributed by atoms with Gasteiger partial charge in [-0.2, -0.15) is 0 Å². The molecule has 0 heterocycles. The van der Waals surface area contributed by atoms with Gasteiger partial charge in [0.15, 0.2) is 0 Å². The summed E-state index contributed by atoms with van der Waals surface area (Å²) in [4.78, 5) is 22.3. The van der Waals surface area contributed by atoms with Crippen LogP contribution in [0.25, 0.3) is 0 Å². The van der Waals surface area contributed by atoms with E-state index in [1.165, 1.54) is 0 Å². The molecule has 0 aliphatic heterocycles. The number of aliphatic carboxylic acids is 1. The third-order valence-electron chi connectivity index (χ3n) is 2.86. The molecule has 1 rings (SSSR count). The largest absolute Gasteiger partial charge is 0.491 e. The molecule has 0 aliphatic carbocycles. The van der Waals surface area contributed by atoms with Crippen LogP contribution in [0.5, 0.6) is 5.75 Å². The van der Waals surface area contributed by atoms with Crippen LogP contribution in [0.1, 0.15) is 33.6 Å². The highest BCUT2D eigenvalue weighted by molar-refractivity contribution is 5.89. The Morgan fingerprint density at radius 1 is 1.33 bits per heavy atom. The number of nitrogens with one attached hydrogen (secondary N) is 2. The van der Waals surface area contributed by atoms with Crippen molar-refractivity contribution in [2.75, 3.05) is 5.32 Å². The molecule has 0 radical (unpaired) electrons. The van der Waals surface area contributed by atoms with E-state index >= 15 is 0 Å². The highest BCUT2D eigenvalue weighted by Gasteiger charge is 2.11. The molecular formula is C15H22N2O4. The Hall–Kier alpha value is -2.24. The third-order valence-corrected chi connectivity index (χ3v) is 2.86. The van der Waals surface area contributed by atoms with E-state index < -0.39 is 18.0 Å². The summed E-state index contributed by atoms with van der Waals surface area (Å²) in [5, 5.41) is 13.9. The first kappa shape index (κ1) is 16.8. The number of benzene rings is 1. The van der Waals surface area contributed by atoms with Crippen molar-refractivity contribution in [1.29, 1.82) is 0 Å². The van der Waals surface area contributed by atoms with Crippen LogP contribution in [0.4, 0.5) is 10.5 Å². The smallest absolute Gasteiger partial charge is 0.319 e. The standard InChI is InChI=1S/C15H22N2O4/c1-4-11(3)21-13-7-5-6-12(9-13)17-15(20)16-10(2)8-14(18)19/h5-7,9-11H,4,8H2,1-3H3,(H,18,19)(H2,16,17,20). The molecule has 0 fully saturated rings. The van der Waals surface area contributed by atoms with Gasteiger partial charge in [0, 0.05) is 17.8 Å². The predicted octanol–water partition coefficient (Wildman–Crippen LogP) is 2.85. The molecular weight excluding hydrogens is 272 g/mol. The van der Waals surface area contributed by atoms with Crippen LogP contribution >= 0.6 is 0 Å². The topological polar surface area (TPSA) is 87.7 Å². The highest BCUT2D eigenvalue weighted by atomic mass is 16.5. The van der Waals surface area contributed by atoms with Gasteiger partial charge >= 0.3 is 12.0 Å². The van der Waals surface area contributed by atoms with E-state index in [-0.39, 0.29) is 12.5 Å². The molecule has 0 aliphatic rings. The SMILES string of the molecule is CCC(C)Oc1cccc(NC(=O)NC(C)CC(=O)O)c1. The summed E-state index contributed by atoms with van der Waals surface area (Å²) in [6, 6.07) is 6.20. The molecule has 6 heteroatoms. The molecule has 1 aromatic rings. The van der Waals surface area contributed by atoms with Crippen LogP contribution in [-0.4, -0.2) is 29.3 Å². The Bertz CT molecular complexity index is 490. The van der Waals surface area contributed by atoms with Crippen molar-refractivity contribution < 1.29 is 19.4 Å². The maximum Gasteiger partial charge on any atom is 0.319 e. The number of anilines is 1. The molecule has 2 amide bonds. The molecule has 116 valence electrons. The monoisotopic (exact) mass is 294 g/mol. The number of carboxylic acid groups (broad SMARTS) is 1. The Kier molecular flexibility index (Phi) is 6.52. The number of hydrogen-bond donors (Lipinski definition) is 3. The van der Waals surface area contributed by atoms with Crippen molar-refractivity contribution in [2.24, 2.45) is 0 Å². The third kappa shape index (κ3) is 6.65. The first-order valence-electron chi connectivity index (χ1n) is 6.96. The van der Waals surface area contributed by atoms with E-state index in [1.54, 1.807) is 25.1 Å². The maximum atomic E-state index is 11.7. The Morgan fingerprint density at radius 3 is 2.67 bits per heavy atom. The van der Waals surface area contributed by atoms with Crippen molar-refractivity contribution in [3.05, 3.63) is 24.3 Å². The van der Waals surface area contributed by atoms with Crippen LogP contribution in [0.15, 0.2) is 24.3 Å². The Labute approximate surface area is 124 Å². The molecule has 21 heavy (non-hydrogen) atoms. The molecule has 0 bridgehead atoms. The van der Waals surface area contributed by atoms with Crippen molar-refractivity contribution in [3.8, 4) is 5.75 Å². The molecule has 6 nitrogen and oxygen atoms in total. The quantitative estimate of drug-likeness (QED) is 0.721. The zero-order chi connectivity index (χ0) is 15.8. The van der Waals surface area contributed by atoms with Crippen molar-refractivity contribution in [2.45, 2.75) is 45.8 Å². The minimum Gasteiger partial charge on any atom is -0.491 e. The zero-order valence-electron chi connectivity index (χ0n) is 12.6. The van der Waals surface area contributed by atoms with Gasteiger partial charge in [-0.3, -0.25) is 4.79 Å². The molecule has 0 saturated carbocycles. The second kappa shape index (κ2) is 8.14. The molecule has 3 N–H and O–H groups in total. The number of carbonyl (C=O) groups excluding carboxylic acids is 1. The summed E-state index contributed by atoms with van der Waals surface area (Å²) in [5.74, 6) is -0.271. The van der Waals surface area contributed by atoms with E-state index in [9.17, 15) is 9.59 Å². The van der Waals surface area contributed by atoms with E-state index in [4.69, 9.17) is 9.84 Å². The van der Waals surface area contributed by atoms with Gasteiger partial charge in [-0.05, 0) is 32.4 Å². The number of ether oxygens (including phenoxy) is 1. The predicted molar refractivity (Wildman–Crippen MR) is 80.7 cm³/mol. The first-order valence-corrected chi connectivity index (χ1v) is 6.96. The highest BCUT2D eigenvalue weighted by Crippen LogP contribution is 2.19. The van der Waals surface area contributed by atoms with Gasteiger partial charge in [-0.15, -0.1) is 0 Å². The molecule has 0 aromatic heterocycles. The fourth-order valence-corrected chi connectivity index (χ4v) is 1.67. The van der Waals surface area contributed by atoms with E-state index in [2.05, 4.69) is 10.6 Å². The van der Waals surface area contributed by atoms with Gasteiger partial charge in [-0.1, -0.05) is 13.0 Å². The average molecular weight is 294 g/mol. The van der Waals surface area contributed by atoms with Gasteiger partial charge in [0.25, 0.3) is 0 Å². The zero-order valence-corrected chi connectivity index (χ0v) is 12.6. The molecule has 0 saturated heterocycles. The van der Waals surface area contributed by atoms with Crippen LogP contribution in [0, 0.1) is 0 Å². The van der Waals surface area contributed by atoms with E-state index in [1.807, 2.05) is 19.9 Å². The van der Waals surface area contributed by atoms with Crippen molar-refractivity contribution >= 4 is 17.7 Å². The van der Waals surface area contributed by atoms with Gasteiger partial charge in [0.1, 0.15) is 5.75 Å². The van der Waals surface area contributed by atoms with E-state index in [0.29, 0.717) is 11.4 Å². The maximum absolute atomic E-state index is 11.7. The number of carbonyl (C=O) groups is 2. The summed E-state index contributed by atoms with van der Waals surface area (Å²) in [6.45, 7) is 5.64. The second-order valence-corrected chi connectivity index (χ2v) is 4.96. The summed E-state index contributed by atoms with van der Waals surface area (Å²) in [5.41, 5.74) is 0.593. The van der Waals surface area contributed by atoms with Crippen molar-refractivity contribution in [1.82, 2.24) is 5.32 Å². The first-order chi connectivity index (χ1) is 9.90. The second-order valence-electron chi connectivity index (χ2n) is 4.96. The summed E-state index contributed by atoms with van der Waals surface area (Å²) in [7, 11) is 0. The fourth-order valence-electron chi connectivity index (χ4n) is 1.67. The van der Waals surface area contributed by atoms with Gasteiger partial charge < -0.3 is 20.5 Å². The number of carboxylic acids is 1. The minimum atomic E-state index is -0.952. The lowest BCUT2D eigenvalue weighted by molar-refractivity contribution is -0.137. The molecule has 0 spiro atoms.